The van der Waals surface area contributed by atoms with Crippen LogP contribution < -0.4 is 0 Å². The van der Waals surface area contributed by atoms with E-state index in [2.05, 4.69) is 47.9 Å². The van der Waals surface area contributed by atoms with Crippen LogP contribution in [0.1, 0.15) is 22.4 Å². The molecule has 2 aromatic rings. The van der Waals surface area contributed by atoms with Crippen molar-refractivity contribution in [2.75, 3.05) is 0 Å². The van der Waals surface area contributed by atoms with E-state index >= 15 is 0 Å². The average Bonchev–Trinajstić information content (AvgIpc) is 2.77. The van der Waals surface area contributed by atoms with Gasteiger partial charge in [-0.15, -0.1) is 11.3 Å². The maximum atomic E-state index is 2.35. The zero-order valence-corrected chi connectivity index (χ0v) is 9.26. The van der Waals surface area contributed by atoms with Gasteiger partial charge in [0.25, 0.3) is 0 Å². The standard InChI is InChI=1S/C14H12S/c1-2-4-11(5-3-1)13-7-6-12-8-9-15-14(12)10-13/h1-5,8-10H,6-7H2. The van der Waals surface area contributed by atoms with Crippen LogP contribution in [-0.2, 0) is 6.42 Å². The molecular weight excluding hydrogens is 200 g/mol. The quantitative estimate of drug-likeness (QED) is 0.663. The highest BCUT2D eigenvalue weighted by Crippen LogP contribution is 2.32. The van der Waals surface area contributed by atoms with Crippen LogP contribution in [0.3, 0.4) is 0 Å². The van der Waals surface area contributed by atoms with Gasteiger partial charge in [-0.3, -0.25) is 0 Å². The van der Waals surface area contributed by atoms with E-state index in [1.807, 2.05) is 11.3 Å². The highest BCUT2D eigenvalue weighted by atomic mass is 32.1. The Bertz CT molecular complexity index is 491. The highest BCUT2D eigenvalue weighted by Gasteiger charge is 2.11. The largest absolute Gasteiger partial charge is 0.144 e. The molecule has 0 fully saturated rings. The molecule has 1 aliphatic carbocycles. The first-order valence-electron chi connectivity index (χ1n) is 5.26. The second-order valence-electron chi connectivity index (χ2n) is 3.85. The van der Waals surface area contributed by atoms with Crippen molar-refractivity contribution in [1.82, 2.24) is 0 Å². The Labute approximate surface area is 93.9 Å². The molecule has 74 valence electrons. The molecule has 1 aliphatic rings. The van der Waals surface area contributed by atoms with E-state index in [9.17, 15) is 0 Å². The number of allylic oxidation sites excluding steroid dienone is 1. The first-order chi connectivity index (χ1) is 7.43. The summed E-state index contributed by atoms with van der Waals surface area (Å²) < 4.78 is 0. The van der Waals surface area contributed by atoms with Crippen LogP contribution in [-0.4, -0.2) is 0 Å². The molecule has 0 saturated heterocycles. The summed E-state index contributed by atoms with van der Waals surface area (Å²) in [6.07, 6.45) is 4.71. The monoisotopic (exact) mass is 212 g/mol. The number of hydrogen-bond donors (Lipinski definition) is 0. The molecule has 1 heterocycles. The van der Waals surface area contributed by atoms with E-state index < -0.39 is 0 Å². The van der Waals surface area contributed by atoms with Crippen LogP contribution in [0.15, 0.2) is 41.8 Å². The smallest absolute Gasteiger partial charge is 0.0305 e. The molecule has 0 spiro atoms. The summed E-state index contributed by atoms with van der Waals surface area (Å²) in [6.45, 7) is 0. The van der Waals surface area contributed by atoms with Crippen molar-refractivity contribution in [3.05, 3.63) is 57.8 Å². The Morgan fingerprint density at radius 3 is 2.67 bits per heavy atom. The first kappa shape index (κ1) is 8.93. The van der Waals surface area contributed by atoms with Crippen molar-refractivity contribution in [3.63, 3.8) is 0 Å². The summed E-state index contributed by atoms with van der Waals surface area (Å²) in [7, 11) is 0. The van der Waals surface area contributed by atoms with Gasteiger partial charge < -0.3 is 0 Å². The van der Waals surface area contributed by atoms with Gasteiger partial charge in [0.15, 0.2) is 0 Å². The van der Waals surface area contributed by atoms with Gasteiger partial charge in [0.1, 0.15) is 0 Å². The molecule has 0 unspecified atom stereocenters. The van der Waals surface area contributed by atoms with Gasteiger partial charge in [-0.25, -0.2) is 0 Å². The van der Waals surface area contributed by atoms with E-state index in [0.29, 0.717) is 0 Å². The minimum absolute atomic E-state index is 1.17. The van der Waals surface area contributed by atoms with Gasteiger partial charge in [0, 0.05) is 4.88 Å². The molecule has 3 rings (SSSR count). The minimum Gasteiger partial charge on any atom is -0.144 e. The van der Waals surface area contributed by atoms with Crippen LogP contribution in [0.4, 0.5) is 0 Å². The number of rotatable bonds is 1. The third-order valence-corrected chi connectivity index (χ3v) is 3.80. The lowest BCUT2D eigenvalue weighted by Crippen LogP contribution is -1.95. The van der Waals surface area contributed by atoms with Crippen molar-refractivity contribution < 1.29 is 0 Å². The number of benzene rings is 1. The van der Waals surface area contributed by atoms with Gasteiger partial charge in [-0.1, -0.05) is 30.3 Å². The lowest BCUT2D eigenvalue weighted by Gasteiger charge is -2.13. The summed E-state index contributed by atoms with van der Waals surface area (Å²) in [5.41, 5.74) is 4.36. The summed E-state index contributed by atoms with van der Waals surface area (Å²) in [4.78, 5) is 1.44. The van der Waals surface area contributed by atoms with E-state index in [0.717, 1.165) is 0 Å². The molecule has 0 nitrogen and oxygen atoms in total. The molecule has 0 atom stereocenters. The maximum absolute atomic E-state index is 2.35. The van der Waals surface area contributed by atoms with Crippen molar-refractivity contribution in [2.24, 2.45) is 0 Å². The molecule has 15 heavy (non-hydrogen) atoms. The lowest BCUT2D eigenvalue weighted by molar-refractivity contribution is 1.01. The van der Waals surface area contributed by atoms with Crippen LogP contribution in [0.2, 0.25) is 0 Å². The average molecular weight is 212 g/mol. The van der Waals surface area contributed by atoms with Gasteiger partial charge >= 0.3 is 0 Å². The van der Waals surface area contributed by atoms with Crippen LogP contribution in [0.5, 0.6) is 0 Å². The summed E-state index contributed by atoms with van der Waals surface area (Å²) >= 11 is 1.85. The van der Waals surface area contributed by atoms with Crippen molar-refractivity contribution >= 4 is 23.0 Å². The third-order valence-electron chi connectivity index (χ3n) is 2.89. The van der Waals surface area contributed by atoms with Crippen LogP contribution in [0.25, 0.3) is 11.6 Å². The molecule has 0 N–H and O–H groups in total. The van der Waals surface area contributed by atoms with Crippen LogP contribution in [0, 0.1) is 0 Å². The SMILES string of the molecule is C1=C(c2ccccc2)CCc2ccsc21. The maximum Gasteiger partial charge on any atom is 0.0305 e. The normalized spacial score (nSPS) is 14.5. The van der Waals surface area contributed by atoms with E-state index in [4.69, 9.17) is 0 Å². The minimum atomic E-state index is 1.17. The molecule has 1 heteroatoms. The highest BCUT2D eigenvalue weighted by molar-refractivity contribution is 7.11. The predicted molar refractivity (Wildman–Crippen MR) is 67.0 cm³/mol. The Kier molecular flexibility index (Phi) is 2.18. The molecule has 0 bridgehead atoms. The molecule has 1 aromatic carbocycles. The topological polar surface area (TPSA) is 0 Å². The molecular formula is C14H12S. The van der Waals surface area contributed by atoms with E-state index in [-0.39, 0.29) is 0 Å². The fraction of sp³-hybridized carbons (Fsp3) is 0.143. The summed E-state index contributed by atoms with van der Waals surface area (Å²) in [5, 5.41) is 2.19. The Hall–Kier alpha value is -1.34. The third kappa shape index (κ3) is 1.64. The summed E-state index contributed by atoms with van der Waals surface area (Å²) in [5.74, 6) is 0. The fourth-order valence-electron chi connectivity index (χ4n) is 2.06. The van der Waals surface area contributed by atoms with Gasteiger partial charge in [0.05, 0.1) is 0 Å². The molecule has 0 amide bonds. The Morgan fingerprint density at radius 2 is 1.80 bits per heavy atom. The van der Waals surface area contributed by atoms with Crippen molar-refractivity contribution in [1.29, 1.82) is 0 Å². The molecule has 0 aliphatic heterocycles. The molecule has 0 saturated carbocycles. The lowest BCUT2D eigenvalue weighted by atomic mass is 9.93. The Balaban J connectivity index is 2.04. The van der Waals surface area contributed by atoms with Crippen molar-refractivity contribution in [2.45, 2.75) is 12.8 Å². The van der Waals surface area contributed by atoms with E-state index in [1.165, 1.54) is 34.4 Å². The second kappa shape index (κ2) is 3.67. The molecule has 0 radical (unpaired) electrons. The predicted octanol–water partition coefficient (Wildman–Crippen LogP) is 4.23. The zero-order chi connectivity index (χ0) is 10.1. The van der Waals surface area contributed by atoms with Gasteiger partial charge in [-0.05, 0) is 47.1 Å². The number of hydrogen-bond acceptors (Lipinski definition) is 1. The van der Waals surface area contributed by atoms with E-state index in [1.54, 1.807) is 0 Å². The molecule has 1 aromatic heterocycles. The summed E-state index contributed by atoms with van der Waals surface area (Å²) in [6, 6.07) is 12.9. The second-order valence-corrected chi connectivity index (χ2v) is 4.79. The number of aryl methyl sites for hydroxylation is 1. The number of thiophene rings is 1. The van der Waals surface area contributed by atoms with Gasteiger partial charge in [-0.2, -0.15) is 0 Å². The zero-order valence-electron chi connectivity index (χ0n) is 8.44. The Morgan fingerprint density at radius 1 is 0.933 bits per heavy atom. The van der Waals surface area contributed by atoms with Gasteiger partial charge in [0.2, 0.25) is 0 Å². The first-order valence-corrected chi connectivity index (χ1v) is 6.14. The fourth-order valence-corrected chi connectivity index (χ4v) is 2.97. The number of fused-ring (bicyclic) bond motifs is 1. The van der Waals surface area contributed by atoms with Crippen molar-refractivity contribution in [3.8, 4) is 0 Å². The van der Waals surface area contributed by atoms with Crippen LogP contribution >= 0.6 is 11.3 Å².